The van der Waals surface area contributed by atoms with E-state index >= 15 is 0 Å². The first kappa shape index (κ1) is 30.6. The van der Waals surface area contributed by atoms with Gasteiger partial charge in [-0.15, -0.1) is 0 Å². The molecule has 0 aliphatic rings. The minimum atomic E-state index is 0.637. The zero-order valence-corrected chi connectivity index (χ0v) is 28.8. The van der Waals surface area contributed by atoms with E-state index < -0.39 is 0 Å². The fourth-order valence-electron chi connectivity index (χ4n) is 7.37. The van der Waals surface area contributed by atoms with Crippen molar-refractivity contribution < 1.29 is 0 Å². The van der Waals surface area contributed by atoms with Crippen LogP contribution in [0.25, 0.3) is 94.7 Å². The van der Waals surface area contributed by atoms with Crippen LogP contribution < -0.4 is 0 Å². The molecule has 0 fully saturated rings. The Labute approximate surface area is 307 Å². The van der Waals surface area contributed by atoms with Crippen molar-refractivity contribution in [3.8, 4) is 62.1 Å². The van der Waals surface area contributed by atoms with Gasteiger partial charge in [-0.25, -0.2) is 15.0 Å². The molecule has 0 spiro atoms. The smallest absolute Gasteiger partial charge is 0.164 e. The minimum Gasteiger partial charge on any atom is -0.309 e. The fraction of sp³-hybridized carbons (Fsp3) is 0. The van der Waals surface area contributed by atoms with Gasteiger partial charge in [0, 0.05) is 33.2 Å². The Morgan fingerprint density at radius 1 is 0.283 bits per heavy atom. The highest BCUT2D eigenvalue weighted by molar-refractivity contribution is 6.09. The summed E-state index contributed by atoms with van der Waals surface area (Å²) in [5.74, 6) is 1.92. The van der Waals surface area contributed by atoms with E-state index in [1.807, 2.05) is 30.3 Å². The van der Waals surface area contributed by atoms with Crippen LogP contribution in [0.5, 0.6) is 0 Å². The molecule has 4 nitrogen and oxygen atoms in total. The van der Waals surface area contributed by atoms with Gasteiger partial charge in [0.15, 0.2) is 17.5 Å². The number of fused-ring (bicyclic) bond motifs is 4. The van der Waals surface area contributed by atoms with Gasteiger partial charge in [0.1, 0.15) is 0 Å². The Balaban J connectivity index is 1.00. The highest BCUT2D eigenvalue weighted by Gasteiger charge is 2.15. The van der Waals surface area contributed by atoms with Crippen LogP contribution in [0.15, 0.2) is 194 Å². The third kappa shape index (κ3) is 5.63. The first-order valence-corrected chi connectivity index (χ1v) is 17.9. The van der Waals surface area contributed by atoms with Crippen LogP contribution in [0.4, 0.5) is 0 Å². The number of benzene rings is 8. The molecule has 0 bridgehead atoms. The summed E-state index contributed by atoms with van der Waals surface area (Å²) in [6.45, 7) is 0. The summed E-state index contributed by atoms with van der Waals surface area (Å²) in [6.07, 6.45) is 0. The van der Waals surface area contributed by atoms with Crippen molar-refractivity contribution in [2.75, 3.05) is 0 Å². The highest BCUT2D eigenvalue weighted by atomic mass is 15.0. The number of nitrogens with zero attached hydrogens (tertiary/aromatic N) is 4. The number of aromatic nitrogens is 4. The molecule has 10 rings (SSSR count). The first-order chi connectivity index (χ1) is 26.2. The second-order valence-electron chi connectivity index (χ2n) is 13.3. The van der Waals surface area contributed by atoms with E-state index in [2.05, 4.69) is 168 Å². The highest BCUT2D eigenvalue weighted by Crippen LogP contribution is 2.34. The molecule has 248 valence electrons. The van der Waals surface area contributed by atoms with Gasteiger partial charge in [-0.1, -0.05) is 164 Å². The van der Waals surface area contributed by atoms with Crippen LogP contribution >= 0.6 is 0 Å². The molecule has 53 heavy (non-hydrogen) atoms. The summed E-state index contributed by atoms with van der Waals surface area (Å²) in [5, 5.41) is 4.97. The third-order valence-corrected chi connectivity index (χ3v) is 10.1. The van der Waals surface area contributed by atoms with Crippen molar-refractivity contribution in [1.82, 2.24) is 19.5 Å². The summed E-state index contributed by atoms with van der Waals surface area (Å²) in [6, 6.07) is 68.2. The molecule has 0 atom stereocenters. The lowest BCUT2D eigenvalue weighted by molar-refractivity contribution is 1.07. The van der Waals surface area contributed by atoms with E-state index in [0.29, 0.717) is 17.5 Å². The number of hydrogen-bond donors (Lipinski definition) is 0. The normalized spacial score (nSPS) is 11.4. The molecule has 2 heterocycles. The van der Waals surface area contributed by atoms with Crippen molar-refractivity contribution in [3.63, 3.8) is 0 Å². The summed E-state index contributed by atoms with van der Waals surface area (Å²) in [5.41, 5.74) is 10.9. The SMILES string of the molecule is c1ccc(-c2nc(-c3ccc(-c4cccc(-n5c6ccccc6c6ccccc65)c4)cc3)nc(-c3ccc(-c4ccc5ccccc5c4)cc3)n2)cc1. The lowest BCUT2D eigenvalue weighted by atomic mass is 10.00. The monoisotopic (exact) mass is 676 g/mol. The second kappa shape index (κ2) is 12.9. The molecule has 0 unspecified atom stereocenters. The molecule has 0 aliphatic heterocycles. The minimum absolute atomic E-state index is 0.637. The Morgan fingerprint density at radius 2 is 0.717 bits per heavy atom. The van der Waals surface area contributed by atoms with Crippen molar-refractivity contribution in [2.24, 2.45) is 0 Å². The zero-order chi connectivity index (χ0) is 35.1. The van der Waals surface area contributed by atoms with Gasteiger partial charge in [-0.05, 0) is 63.4 Å². The average Bonchev–Trinajstić information content (AvgIpc) is 3.58. The van der Waals surface area contributed by atoms with Gasteiger partial charge < -0.3 is 4.57 Å². The Hall–Kier alpha value is -7.17. The van der Waals surface area contributed by atoms with Crippen LogP contribution in [-0.2, 0) is 0 Å². The Bertz CT molecular complexity index is 2870. The number of rotatable bonds is 6. The third-order valence-electron chi connectivity index (χ3n) is 10.1. The Morgan fingerprint density at radius 3 is 1.32 bits per heavy atom. The first-order valence-electron chi connectivity index (χ1n) is 17.9. The molecule has 0 N–H and O–H groups in total. The predicted octanol–water partition coefficient (Wildman–Crippen LogP) is 12.5. The maximum absolute atomic E-state index is 5.03. The molecule has 0 aliphatic carbocycles. The molecule has 0 radical (unpaired) electrons. The van der Waals surface area contributed by atoms with Crippen LogP contribution in [0.1, 0.15) is 0 Å². The van der Waals surface area contributed by atoms with Crippen molar-refractivity contribution >= 4 is 32.6 Å². The van der Waals surface area contributed by atoms with E-state index in [0.717, 1.165) is 39.1 Å². The molecule has 8 aromatic carbocycles. The quantitative estimate of drug-likeness (QED) is 0.176. The molecule has 0 saturated carbocycles. The average molecular weight is 677 g/mol. The van der Waals surface area contributed by atoms with Gasteiger partial charge >= 0.3 is 0 Å². The van der Waals surface area contributed by atoms with E-state index in [1.54, 1.807) is 0 Å². The Kier molecular flexibility index (Phi) is 7.43. The molecule has 0 saturated heterocycles. The molecular weight excluding hydrogens is 645 g/mol. The standard InChI is InChI=1S/C49H32N4/c1-2-12-36(13-3-1)47-50-48(52-49(51-47)38-28-23-35(24-29-38)41-30-25-33-11-4-5-14-39(33)31-41)37-26-21-34(22-27-37)40-15-10-16-42(32-40)53-45-19-8-6-17-43(45)44-18-7-9-20-46(44)53/h1-32H. The van der Waals surface area contributed by atoms with Crippen molar-refractivity contribution in [3.05, 3.63) is 194 Å². The van der Waals surface area contributed by atoms with Crippen LogP contribution in [0, 0.1) is 0 Å². The molecule has 4 heteroatoms. The fourth-order valence-corrected chi connectivity index (χ4v) is 7.37. The van der Waals surface area contributed by atoms with E-state index in [-0.39, 0.29) is 0 Å². The van der Waals surface area contributed by atoms with Gasteiger partial charge in [-0.2, -0.15) is 0 Å². The predicted molar refractivity (Wildman–Crippen MR) is 219 cm³/mol. The van der Waals surface area contributed by atoms with E-state index in [9.17, 15) is 0 Å². The van der Waals surface area contributed by atoms with Gasteiger partial charge in [0.25, 0.3) is 0 Å². The molecular formula is C49H32N4. The number of para-hydroxylation sites is 2. The molecule has 0 amide bonds. The van der Waals surface area contributed by atoms with Gasteiger partial charge in [0.05, 0.1) is 11.0 Å². The maximum Gasteiger partial charge on any atom is 0.164 e. The zero-order valence-electron chi connectivity index (χ0n) is 28.8. The van der Waals surface area contributed by atoms with E-state index in [4.69, 9.17) is 15.0 Å². The van der Waals surface area contributed by atoms with E-state index in [1.165, 1.54) is 38.1 Å². The van der Waals surface area contributed by atoms with Crippen LogP contribution in [0.2, 0.25) is 0 Å². The van der Waals surface area contributed by atoms with Gasteiger partial charge in [0.2, 0.25) is 0 Å². The summed E-state index contributed by atoms with van der Waals surface area (Å²) in [4.78, 5) is 15.0. The summed E-state index contributed by atoms with van der Waals surface area (Å²) >= 11 is 0. The number of hydrogen-bond acceptors (Lipinski definition) is 3. The summed E-state index contributed by atoms with van der Waals surface area (Å²) in [7, 11) is 0. The van der Waals surface area contributed by atoms with Crippen molar-refractivity contribution in [2.45, 2.75) is 0 Å². The van der Waals surface area contributed by atoms with Crippen LogP contribution in [0.3, 0.4) is 0 Å². The lowest BCUT2D eigenvalue weighted by Gasteiger charge is -2.11. The summed E-state index contributed by atoms with van der Waals surface area (Å²) < 4.78 is 2.36. The van der Waals surface area contributed by atoms with Crippen LogP contribution in [-0.4, -0.2) is 19.5 Å². The lowest BCUT2D eigenvalue weighted by Crippen LogP contribution is -2.00. The maximum atomic E-state index is 5.03. The topological polar surface area (TPSA) is 43.6 Å². The largest absolute Gasteiger partial charge is 0.309 e. The van der Waals surface area contributed by atoms with Gasteiger partial charge in [-0.3, -0.25) is 0 Å². The second-order valence-corrected chi connectivity index (χ2v) is 13.3. The molecule has 10 aromatic rings. The molecule has 2 aromatic heterocycles. The van der Waals surface area contributed by atoms with Crippen molar-refractivity contribution in [1.29, 1.82) is 0 Å².